The molecular formula is C12H16N4O2S2. The van der Waals surface area contributed by atoms with Gasteiger partial charge in [0.1, 0.15) is 0 Å². The maximum absolute atomic E-state index is 10.4. The molecule has 0 atom stereocenters. The van der Waals surface area contributed by atoms with E-state index in [4.69, 9.17) is 6.42 Å². The fraction of sp³-hybridized carbons (Fsp3) is 0.417. The molecule has 8 heteroatoms. The highest BCUT2D eigenvalue weighted by Gasteiger charge is 2.03. The van der Waals surface area contributed by atoms with Gasteiger partial charge in [-0.2, -0.15) is 11.8 Å². The maximum atomic E-state index is 10.4. The van der Waals surface area contributed by atoms with Crippen molar-refractivity contribution in [2.24, 2.45) is 0 Å². The summed E-state index contributed by atoms with van der Waals surface area (Å²) in [6.07, 6.45) is 5.99. The largest absolute Gasteiger partial charge is 0.366 e. The molecule has 0 saturated carbocycles. The second-order valence-electron chi connectivity index (χ2n) is 3.73. The zero-order valence-electron chi connectivity index (χ0n) is 11.1. The van der Waals surface area contributed by atoms with E-state index in [2.05, 4.69) is 21.5 Å². The van der Waals surface area contributed by atoms with Crippen LogP contribution in [0.2, 0.25) is 0 Å². The zero-order chi connectivity index (χ0) is 14.8. The summed E-state index contributed by atoms with van der Waals surface area (Å²) in [4.78, 5) is 15.4. The van der Waals surface area contributed by atoms with E-state index in [0.717, 1.165) is 23.4 Å². The molecule has 20 heavy (non-hydrogen) atoms. The van der Waals surface area contributed by atoms with Crippen LogP contribution < -0.4 is 10.6 Å². The zero-order valence-corrected chi connectivity index (χ0v) is 12.7. The van der Waals surface area contributed by atoms with E-state index in [0.29, 0.717) is 12.4 Å². The number of terminal acetylenes is 1. The molecule has 0 saturated heterocycles. The number of aryl methyl sites for hydroxylation is 1. The molecule has 0 unspecified atom stereocenters. The quantitative estimate of drug-likeness (QED) is 0.312. The van der Waals surface area contributed by atoms with Gasteiger partial charge < -0.3 is 10.6 Å². The second kappa shape index (κ2) is 9.23. The van der Waals surface area contributed by atoms with Crippen LogP contribution in [0, 0.1) is 29.4 Å². The molecule has 0 aliphatic carbocycles. The van der Waals surface area contributed by atoms with Crippen LogP contribution in [-0.2, 0) is 5.75 Å². The lowest BCUT2D eigenvalue weighted by atomic mass is 10.4. The lowest BCUT2D eigenvalue weighted by Gasteiger charge is -2.08. The van der Waals surface area contributed by atoms with Gasteiger partial charge in [-0.3, -0.25) is 10.1 Å². The minimum absolute atomic E-state index is 0.250. The van der Waals surface area contributed by atoms with Gasteiger partial charge >= 0.3 is 0 Å². The van der Waals surface area contributed by atoms with Crippen LogP contribution in [-0.4, -0.2) is 28.7 Å². The van der Waals surface area contributed by atoms with Crippen LogP contribution in [0.1, 0.15) is 10.6 Å². The van der Waals surface area contributed by atoms with Crippen LogP contribution in [0.25, 0.3) is 0 Å². The van der Waals surface area contributed by atoms with Gasteiger partial charge in [0.15, 0.2) is 5.82 Å². The highest BCUT2D eigenvalue weighted by molar-refractivity contribution is 7.98. The SMILES string of the molecule is C#CCN/C(=C/[N+](=O)[O-])NCCSCc1scnc1C. The molecule has 0 aliphatic rings. The molecule has 6 nitrogen and oxygen atoms in total. The summed E-state index contributed by atoms with van der Waals surface area (Å²) in [7, 11) is 0. The van der Waals surface area contributed by atoms with Crippen molar-refractivity contribution in [2.75, 3.05) is 18.8 Å². The highest BCUT2D eigenvalue weighted by atomic mass is 32.2. The van der Waals surface area contributed by atoms with Crippen molar-refractivity contribution in [2.45, 2.75) is 12.7 Å². The summed E-state index contributed by atoms with van der Waals surface area (Å²) < 4.78 is 0. The Morgan fingerprint density at radius 2 is 2.50 bits per heavy atom. The molecule has 0 aromatic carbocycles. The first-order valence-electron chi connectivity index (χ1n) is 5.86. The third-order valence-electron chi connectivity index (χ3n) is 2.26. The standard InChI is InChI=1S/C12H16N4O2S2/c1-3-4-13-12(7-16(17)18)14-5-6-19-8-11-10(2)15-9-20-11/h1,7,9,13-14H,4-6,8H2,2H3/b12-7-. The number of nitrogens with zero attached hydrogens (tertiary/aromatic N) is 2. The molecule has 0 amide bonds. The summed E-state index contributed by atoms with van der Waals surface area (Å²) in [5.74, 6) is 4.45. The normalized spacial score (nSPS) is 10.9. The van der Waals surface area contributed by atoms with Crippen LogP contribution in [0.5, 0.6) is 0 Å². The van der Waals surface area contributed by atoms with Crippen molar-refractivity contribution in [3.8, 4) is 12.3 Å². The number of rotatable bonds is 9. The van der Waals surface area contributed by atoms with Crippen molar-refractivity contribution in [1.82, 2.24) is 15.6 Å². The number of thioether (sulfide) groups is 1. The van der Waals surface area contributed by atoms with E-state index in [-0.39, 0.29) is 6.54 Å². The molecule has 2 N–H and O–H groups in total. The van der Waals surface area contributed by atoms with Crippen molar-refractivity contribution in [3.05, 3.63) is 38.2 Å². The Kier molecular flexibility index (Phi) is 7.54. The molecule has 0 bridgehead atoms. The minimum atomic E-state index is -0.514. The highest BCUT2D eigenvalue weighted by Crippen LogP contribution is 2.18. The Morgan fingerprint density at radius 3 is 3.10 bits per heavy atom. The smallest absolute Gasteiger partial charge is 0.274 e. The summed E-state index contributed by atoms with van der Waals surface area (Å²) in [6.45, 7) is 2.87. The number of nitro groups is 1. The Bertz CT molecular complexity index is 508. The van der Waals surface area contributed by atoms with E-state index in [9.17, 15) is 10.1 Å². The molecule has 1 aromatic rings. The van der Waals surface area contributed by atoms with Crippen LogP contribution >= 0.6 is 23.1 Å². The summed E-state index contributed by atoms with van der Waals surface area (Å²) in [5, 5.41) is 16.2. The molecule has 108 valence electrons. The Balaban J connectivity index is 2.25. The average Bonchev–Trinajstić information content (AvgIpc) is 2.80. The number of thiazole rings is 1. The lowest BCUT2D eigenvalue weighted by molar-refractivity contribution is -0.404. The predicted octanol–water partition coefficient (Wildman–Crippen LogP) is 1.57. The topological polar surface area (TPSA) is 80.1 Å². The first-order chi connectivity index (χ1) is 9.63. The fourth-order valence-corrected chi connectivity index (χ4v) is 3.16. The number of hydrogen-bond donors (Lipinski definition) is 2. The Hall–Kier alpha value is -1.72. The van der Waals surface area contributed by atoms with Crippen LogP contribution in [0.3, 0.4) is 0 Å². The van der Waals surface area contributed by atoms with Crippen LogP contribution in [0.4, 0.5) is 0 Å². The van der Waals surface area contributed by atoms with E-state index in [1.807, 2.05) is 12.4 Å². The Morgan fingerprint density at radius 1 is 1.70 bits per heavy atom. The summed E-state index contributed by atoms with van der Waals surface area (Å²) in [5.41, 5.74) is 2.91. The fourth-order valence-electron chi connectivity index (χ4n) is 1.29. The van der Waals surface area contributed by atoms with Gasteiger partial charge in [0.2, 0.25) is 0 Å². The molecule has 0 spiro atoms. The van der Waals surface area contributed by atoms with Gasteiger partial charge in [0.25, 0.3) is 6.20 Å². The molecular weight excluding hydrogens is 296 g/mol. The summed E-state index contributed by atoms with van der Waals surface area (Å²) in [6, 6.07) is 0. The van der Waals surface area contributed by atoms with Crippen molar-refractivity contribution in [3.63, 3.8) is 0 Å². The maximum Gasteiger partial charge on any atom is 0.274 e. The van der Waals surface area contributed by atoms with Gasteiger partial charge in [0.05, 0.1) is 22.7 Å². The van der Waals surface area contributed by atoms with E-state index in [1.54, 1.807) is 23.1 Å². The van der Waals surface area contributed by atoms with E-state index >= 15 is 0 Å². The van der Waals surface area contributed by atoms with Crippen molar-refractivity contribution >= 4 is 23.1 Å². The number of hydrogen-bond acceptors (Lipinski definition) is 7. The molecule has 0 radical (unpaired) electrons. The van der Waals surface area contributed by atoms with E-state index in [1.165, 1.54) is 4.88 Å². The predicted molar refractivity (Wildman–Crippen MR) is 82.9 cm³/mol. The van der Waals surface area contributed by atoms with Crippen LogP contribution in [0.15, 0.2) is 17.5 Å². The number of aromatic nitrogens is 1. The second-order valence-corrected chi connectivity index (χ2v) is 5.77. The van der Waals surface area contributed by atoms with Gasteiger partial charge in [-0.15, -0.1) is 17.8 Å². The first-order valence-corrected chi connectivity index (χ1v) is 7.90. The molecule has 1 aromatic heterocycles. The third-order valence-corrected chi connectivity index (χ3v) is 4.36. The third kappa shape index (κ3) is 6.45. The van der Waals surface area contributed by atoms with Crippen molar-refractivity contribution < 1.29 is 4.92 Å². The van der Waals surface area contributed by atoms with Gasteiger partial charge in [-0.05, 0) is 6.92 Å². The van der Waals surface area contributed by atoms with E-state index < -0.39 is 4.92 Å². The van der Waals surface area contributed by atoms with Gasteiger partial charge in [-0.1, -0.05) is 5.92 Å². The first kappa shape index (κ1) is 16.3. The monoisotopic (exact) mass is 312 g/mol. The number of nitrogens with one attached hydrogen (secondary N) is 2. The Labute approximate surface area is 126 Å². The minimum Gasteiger partial charge on any atom is -0.366 e. The molecule has 0 fully saturated rings. The average molecular weight is 312 g/mol. The van der Waals surface area contributed by atoms with Crippen molar-refractivity contribution in [1.29, 1.82) is 0 Å². The molecule has 1 rings (SSSR count). The van der Waals surface area contributed by atoms with Gasteiger partial charge in [-0.25, -0.2) is 4.98 Å². The van der Waals surface area contributed by atoms with Gasteiger partial charge in [0, 0.05) is 22.9 Å². The lowest BCUT2D eigenvalue weighted by Crippen LogP contribution is -2.29. The molecule has 1 heterocycles. The molecule has 0 aliphatic heterocycles. The summed E-state index contributed by atoms with van der Waals surface area (Å²) >= 11 is 3.40.